The number of anilines is 1. The highest BCUT2D eigenvalue weighted by molar-refractivity contribution is 7.89. The Morgan fingerprint density at radius 3 is 2.45 bits per heavy atom. The van der Waals surface area contributed by atoms with Gasteiger partial charge >= 0.3 is 5.97 Å². The van der Waals surface area contributed by atoms with Gasteiger partial charge in [-0.15, -0.1) is 0 Å². The van der Waals surface area contributed by atoms with Gasteiger partial charge in [-0.05, 0) is 50.5 Å². The van der Waals surface area contributed by atoms with Gasteiger partial charge in [0.2, 0.25) is 15.9 Å². The van der Waals surface area contributed by atoms with E-state index in [-0.39, 0.29) is 35.8 Å². The number of nitrogens with one attached hydrogen (secondary N) is 1. The number of aryl methyl sites for hydroxylation is 1. The predicted molar refractivity (Wildman–Crippen MR) is 124 cm³/mol. The second kappa shape index (κ2) is 10.8. The Labute approximate surface area is 193 Å². The summed E-state index contributed by atoms with van der Waals surface area (Å²) in [6.45, 7) is 6.14. The summed E-state index contributed by atoms with van der Waals surface area (Å²) in [5, 5.41) is 6.65. The van der Waals surface area contributed by atoms with Gasteiger partial charge in [0.25, 0.3) is 0 Å². The van der Waals surface area contributed by atoms with Gasteiger partial charge in [-0.1, -0.05) is 30.3 Å². The molecule has 9 nitrogen and oxygen atoms in total. The van der Waals surface area contributed by atoms with E-state index >= 15 is 0 Å². The molecule has 2 heterocycles. The summed E-state index contributed by atoms with van der Waals surface area (Å²) in [6, 6.07) is 6.50. The molecule has 1 N–H and O–H groups in total. The Bertz CT molecular complexity index is 1110. The quantitative estimate of drug-likeness (QED) is 0.581. The summed E-state index contributed by atoms with van der Waals surface area (Å²) in [6.07, 6.45) is 4.67. The maximum atomic E-state index is 13.0. The van der Waals surface area contributed by atoms with Gasteiger partial charge in [-0.3, -0.25) is 9.59 Å². The molecule has 0 radical (unpaired) electrons. The number of aromatic nitrogens is 1. The fourth-order valence-corrected chi connectivity index (χ4v) is 5.01. The molecule has 1 aliphatic rings. The molecule has 0 spiro atoms. The molecule has 0 atom stereocenters. The second-order valence-electron chi connectivity index (χ2n) is 7.74. The lowest BCUT2D eigenvalue weighted by Gasteiger charge is -2.30. The highest BCUT2D eigenvalue weighted by atomic mass is 32.2. The molecule has 1 aliphatic heterocycles. The van der Waals surface area contributed by atoms with E-state index in [1.807, 2.05) is 0 Å². The molecule has 1 fully saturated rings. The van der Waals surface area contributed by atoms with Crippen molar-refractivity contribution in [2.45, 2.75) is 44.9 Å². The zero-order valence-electron chi connectivity index (χ0n) is 19.0. The average Bonchev–Trinajstić information content (AvgIpc) is 3.17. The van der Waals surface area contributed by atoms with E-state index in [0.717, 1.165) is 5.56 Å². The van der Waals surface area contributed by atoms with Crippen LogP contribution in [0, 0.1) is 12.8 Å². The molecule has 33 heavy (non-hydrogen) atoms. The third kappa shape index (κ3) is 5.88. The molecule has 1 amide bonds. The van der Waals surface area contributed by atoms with Gasteiger partial charge in [-0.2, -0.15) is 4.31 Å². The number of benzene rings is 1. The number of piperidine rings is 1. The minimum atomic E-state index is -3.65. The maximum absolute atomic E-state index is 13.0. The summed E-state index contributed by atoms with van der Waals surface area (Å²) in [5.41, 5.74) is 1.85. The van der Waals surface area contributed by atoms with Crippen LogP contribution in [-0.2, 0) is 24.3 Å². The van der Waals surface area contributed by atoms with Gasteiger partial charge in [0.1, 0.15) is 11.4 Å². The molecule has 0 bridgehead atoms. The molecule has 3 rings (SSSR count). The van der Waals surface area contributed by atoms with Crippen molar-refractivity contribution < 1.29 is 27.3 Å². The number of rotatable bonds is 8. The molecule has 2 aromatic rings. The summed E-state index contributed by atoms with van der Waals surface area (Å²) < 4.78 is 37.7. The van der Waals surface area contributed by atoms with E-state index in [2.05, 4.69) is 10.5 Å². The molecule has 1 aromatic heterocycles. The Morgan fingerprint density at radius 2 is 1.85 bits per heavy atom. The minimum absolute atomic E-state index is 0.142. The van der Waals surface area contributed by atoms with Crippen LogP contribution in [0.1, 0.15) is 50.1 Å². The number of hydrogen-bond acceptors (Lipinski definition) is 7. The third-order valence-electron chi connectivity index (χ3n) is 5.49. The van der Waals surface area contributed by atoms with Crippen molar-refractivity contribution in [1.82, 2.24) is 9.46 Å². The molecule has 1 aromatic carbocycles. The van der Waals surface area contributed by atoms with Crippen LogP contribution in [-0.4, -0.2) is 49.5 Å². The summed E-state index contributed by atoms with van der Waals surface area (Å²) in [7, 11) is -3.65. The zero-order valence-corrected chi connectivity index (χ0v) is 19.9. The number of hydrogen-bond donors (Lipinski definition) is 1. The zero-order chi connectivity index (χ0) is 24.0. The fraction of sp³-hybridized carbons (Fsp3) is 0.435. The van der Waals surface area contributed by atoms with Crippen molar-refractivity contribution in [2.24, 2.45) is 5.92 Å². The van der Waals surface area contributed by atoms with E-state index in [9.17, 15) is 18.0 Å². The van der Waals surface area contributed by atoms with Gasteiger partial charge in [0.15, 0.2) is 5.76 Å². The number of ether oxygens (including phenoxy) is 1. The predicted octanol–water partition coefficient (Wildman–Crippen LogP) is 3.47. The lowest BCUT2D eigenvalue weighted by atomic mass is 9.98. The van der Waals surface area contributed by atoms with Gasteiger partial charge in [-0.25, -0.2) is 8.42 Å². The summed E-state index contributed by atoms with van der Waals surface area (Å²) >= 11 is 0. The van der Waals surface area contributed by atoms with Gasteiger partial charge in [0.05, 0.1) is 17.4 Å². The number of carbonyl (C=O) groups is 2. The smallest absolute Gasteiger partial charge is 0.309 e. The monoisotopic (exact) mass is 475 g/mol. The highest BCUT2D eigenvalue weighted by Gasteiger charge is 2.32. The second-order valence-corrected chi connectivity index (χ2v) is 9.68. The van der Waals surface area contributed by atoms with E-state index < -0.39 is 10.0 Å². The Hall–Kier alpha value is -2.98. The first-order valence-corrected chi connectivity index (χ1v) is 12.4. The normalized spacial score (nSPS) is 15.6. The van der Waals surface area contributed by atoms with Crippen molar-refractivity contribution in [3.63, 3.8) is 0 Å². The largest absolute Gasteiger partial charge is 0.466 e. The van der Waals surface area contributed by atoms with Crippen molar-refractivity contribution in [2.75, 3.05) is 25.0 Å². The molecule has 10 heteroatoms. The molecule has 0 saturated carbocycles. The summed E-state index contributed by atoms with van der Waals surface area (Å²) in [5.74, 6) is -0.243. The van der Waals surface area contributed by atoms with Crippen LogP contribution in [0.25, 0.3) is 12.2 Å². The first-order valence-electron chi connectivity index (χ1n) is 11.0. The highest BCUT2D eigenvalue weighted by Crippen LogP contribution is 2.26. The Balaban J connectivity index is 1.67. The van der Waals surface area contributed by atoms with Crippen LogP contribution in [0.3, 0.4) is 0 Å². The topological polar surface area (TPSA) is 119 Å². The van der Waals surface area contributed by atoms with Crippen LogP contribution in [0.2, 0.25) is 0 Å². The van der Waals surface area contributed by atoms with E-state index in [0.29, 0.717) is 43.0 Å². The molecule has 0 unspecified atom stereocenters. The average molecular weight is 476 g/mol. The van der Waals surface area contributed by atoms with Crippen LogP contribution in [0.15, 0.2) is 33.7 Å². The molecule has 1 saturated heterocycles. The maximum Gasteiger partial charge on any atom is 0.309 e. The lowest BCUT2D eigenvalue weighted by molar-refractivity contribution is -0.149. The molecular weight excluding hydrogens is 446 g/mol. The van der Waals surface area contributed by atoms with Crippen molar-refractivity contribution in [1.29, 1.82) is 0 Å². The van der Waals surface area contributed by atoms with Gasteiger partial charge in [0, 0.05) is 19.5 Å². The number of carbonyl (C=O) groups excluding carboxylic acids is 2. The van der Waals surface area contributed by atoms with E-state index in [1.165, 1.54) is 4.31 Å². The lowest BCUT2D eigenvalue weighted by Crippen LogP contribution is -2.40. The first kappa shape index (κ1) is 24.7. The fourth-order valence-electron chi connectivity index (χ4n) is 3.54. The van der Waals surface area contributed by atoms with Crippen LogP contribution < -0.4 is 5.32 Å². The number of amides is 1. The first-order chi connectivity index (χ1) is 15.8. The van der Waals surface area contributed by atoms with E-state index in [1.54, 1.807) is 57.2 Å². The van der Waals surface area contributed by atoms with Crippen LogP contribution >= 0.6 is 0 Å². The molecule has 0 aliphatic carbocycles. The third-order valence-corrected chi connectivity index (χ3v) is 7.41. The van der Waals surface area contributed by atoms with Crippen molar-refractivity contribution >= 4 is 39.7 Å². The molecule has 178 valence electrons. The van der Waals surface area contributed by atoms with Gasteiger partial charge < -0.3 is 14.6 Å². The van der Waals surface area contributed by atoms with Crippen LogP contribution in [0.4, 0.5) is 5.69 Å². The van der Waals surface area contributed by atoms with Crippen molar-refractivity contribution in [3.05, 3.63) is 41.3 Å². The number of nitrogens with zero attached hydrogens (tertiary/aromatic N) is 2. The van der Waals surface area contributed by atoms with Crippen molar-refractivity contribution in [3.8, 4) is 0 Å². The number of esters is 1. The minimum Gasteiger partial charge on any atom is -0.466 e. The Kier molecular flexibility index (Phi) is 8.04. The standard InChI is InChI=1S/C23H29N3O6S/c1-4-21(27)24-22-16(3)25-32-20(22)11-8-17-6-9-19(10-7-17)33(29,30)26-14-12-18(13-15-26)23(28)31-5-2/h6-11,18H,4-5,12-15H2,1-3H3,(H,24,27)/b11-8-. The SMILES string of the molecule is CCOC(=O)C1CCN(S(=O)(=O)c2ccc(/C=C\c3onc(C)c3NC(=O)CC)cc2)CC1. The Morgan fingerprint density at radius 1 is 1.18 bits per heavy atom. The number of sulfonamides is 1. The van der Waals surface area contributed by atoms with E-state index in [4.69, 9.17) is 9.26 Å². The molecular formula is C23H29N3O6S. The van der Waals surface area contributed by atoms with Crippen LogP contribution in [0.5, 0.6) is 0 Å². The summed E-state index contributed by atoms with van der Waals surface area (Å²) in [4.78, 5) is 23.8.